The van der Waals surface area contributed by atoms with E-state index in [1.807, 2.05) is 36.4 Å². The lowest BCUT2D eigenvalue weighted by Gasteiger charge is -2.01. The summed E-state index contributed by atoms with van der Waals surface area (Å²) in [5.74, 6) is 0. The van der Waals surface area contributed by atoms with Crippen molar-refractivity contribution < 1.29 is 0 Å². The monoisotopic (exact) mass is 201 g/mol. The minimum absolute atomic E-state index is 0.679. The van der Waals surface area contributed by atoms with Gasteiger partial charge < -0.3 is 0 Å². The van der Waals surface area contributed by atoms with E-state index in [4.69, 9.17) is 11.6 Å². The molecular weight excluding hydrogens is 192 g/mol. The van der Waals surface area contributed by atoms with Crippen LogP contribution in [0.15, 0.2) is 48.5 Å². The predicted molar refractivity (Wildman–Crippen MR) is 59.5 cm³/mol. The first-order chi connectivity index (χ1) is 6.84. The van der Waals surface area contributed by atoms with Gasteiger partial charge in [-0.05, 0) is 23.6 Å². The minimum Gasteiger partial charge on any atom is -0.0837 e. The molecule has 0 aliphatic carbocycles. The summed E-state index contributed by atoms with van der Waals surface area (Å²) in [5.41, 5.74) is 2.52. The van der Waals surface area contributed by atoms with Gasteiger partial charge >= 0.3 is 0 Å². The third-order valence-corrected chi connectivity index (χ3v) is 2.30. The molecular formula is C13H10Cl. The van der Waals surface area contributed by atoms with E-state index < -0.39 is 0 Å². The third kappa shape index (κ3) is 2.36. The highest BCUT2D eigenvalue weighted by Gasteiger charge is 1.95. The van der Waals surface area contributed by atoms with Crippen molar-refractivity contribution in [3.05, 3.63) is 70.7 Å². The molecule has 0 fully saturated rings. The average molecular weight is 202 g/mol. The van der Waals surface area contributed by atoms with Crippen molar-refractivity contribution in [2.24, 2.45) is 0 Å². The Kier molecular flexibility index (Phi) is 2.85. The molecule has 0 unspecified atom stereocenters. The van der Waals surface area contributed by atoms with Crippen LogP contribution in [-0.4, -0.2) is 0 Å². The van der Waals surface area contributed by atoms with Crippen LogP contribution in [-0.2, 0) is 6.42 Å². The molecule has 0 spiro atoms. The molecule has 2 aromatic rings. The lowest BCUT2D eigenvalue weighted by molar-refractivity contribution is 1.19. The summed E-state index contributed by atoms with van der Waals surface area (Å²) in [6.45, 7) is 0. The molecule has 0 nitrogen and oxygen atoms in total. The van der Waals surface area contributed by atoms with E-state index in [2.05, 4.69) is 18.2 Å². The van der Waals surface area contributed by atoms with Gasteiger partial charge in [0.25, 0.3) is 0 Å². The largest absolute Gasteiger partial charge is 0.0837 e. The Balaban J connectivity index is 2.19. The number of hydrogen-bond donors (Lipinski definition) is 0. The summed E-state index contributed by atoms with van der Waals surface area (Å²) in [4.78, 5) is 0. The van der Waals surface area contributed by atoms with Crippen LogP contribution < -0.4 is 0 Å². The standard InChI is InChI=1S/C13H10Cl/c14-13-8-4-7-12(10-13)9-11-5-2-1-3-6-11/h1-7,10H,9H2. The maximum Gasteiger partial charge on any atom is 0.0487 e. The first kappa shape index (κ1) is 9.29. The Morgan fingerprint density at radius 1 is 1.00 bits per heavy atom. The number of benzene rings is 2. The smallest absolute Gasteiger partial charge is 0.0487 e. The fraction of sp³-hybridized carbons (Fsp3) is 0.0769. The van der Waals surface area contributed by atoms with Gasteiger partial charge in [0.1, 0.15) is 0 Å². The summed E-state index contributed by atoms with van der Waals surface area (Å²) in [5, 5.41) is 0.679. The maximum absolute atomic E-state index is 5.86. The highest BCUT2D eigenvalue weighted by molar-refractivity contribution is 6.30. The fourth-order valence-corrected chi connectivity index (χ4v) is 1.63. The van der Waals surface area contributed by atoms with Crippen molar-refractivity contribution in [2.75, 3.05) is 0 Å². The van der Waals surface area contributed by atoms with E-state index in [1.165, 1.54) is 11.1 Å². The summed E-state index contributed by atoms with van der Waals surface area (Å²) in [7, 11) is 0. The SMILES string of the molecule is Clc1[c]ccc(Cc2ccccc2)c1. The Morgan fingerprint density at radius 3 is 2.50 bits per heavy atom. The first-order valence-electron chi connectivity index (χ1n) is 4.54. The van der Waals surface area contributed by atoms with Gasteiger partial charge in [-0.2, -0.15) is 0 Å². The normalized spacial score (nSPS) is 10.1. The summed E-state index contributed by atoms with van der Waals surface area (Å²) in [6, 6.07) is 19.1. The predicted octanol–water partition coefficient (Wildman–Crippen LogP) is 3.73. The van der Waals surface area contributed by atoms with Gasteiger partial charge in [-0.25, -0.2) is 0 Å². The van der Waals surface area contributed by atoms with Gasteiger partial charge in [0.15, 0.2) is 0 Å². The van der Waals surface area contributed by atoms with Gasteiger partial charge in [-0.3, -0.25) is 0 Å². The van der Waals surface area contributed by atoms with Crippen molar-refractivity contribution in [3.63, 3.8) is 0 Å². The highest BCUT2D eigenvalue weighted by Crippen LogP contribution is 2.13. The first-order valence-corrected chi connectivity index (χ1v) is 4.92. The molecule has 0 aliphatic heterocycles. The van der Waals surface area contributed by atoms with Gasteiger partial charge in [0.2, 0.25) is 0 Å². The molecule has 0 aromatic heterocycles. The second-order valence-electron chi connectivity index (χ2n) is 3.21. The molecule has 1 radical (unpaired) electrons. The van der Waals surface area contributed by atoms with E-state index in [-0.39, 0.29) is 0 Å². The molecule has 14 heavy (non-hydrogen) atoms. The fourth-order valence-electron chi connectivity index (χ4n) is 1.42. The van der Waals surface area contributed by atoms with E-state index >= 15 is 0 Å². The van der Waals surface area contributed by atoms with Crippen LogP contribution in [0.3, 0.4) is 0 Å². The summed E-state index contributed by atoms with van der Waals surface area (Å²) >= 11 is 5.86. The van der Waals surface area contributed by atoms with Crippen LogP contribution in [0.1, 0.15) is 11.1 Å². The topological polar surface area (TPSA) is 0 Å². The Hall–Kier alpha value is -1.27. The molecule has 0 amide bonds. The van der Waals surface area contributed by atoms with Gasteiger partial charge in [-0.15, -0.1) is 0 Å². The minimum atomic E-state index is 0.679. The lowest BCUT2D eigenvalue weighted by atomic mass is 10.1. The van der Waals surface area contributed by atoms with Crippen molar-refractivity contribution in [2.45, 2.75) is 6.42 Å². The van der Waals surface area contributed by atoms with Crippen LogP contribution in [0, 0.1) is 6.07 Å². The molecule has 0 atom stereocenters. The third-order valence-electron chi connectivity index (χ3n) is 2.08. The number of rotatable bonds is 2. The van der Waals surface area contributed by atoms with Gasteiger partial charge in [-0.1, -0.05) is 54.1 Å². The quantitative estimate of drug-likeness (QED) is 0.695. The zero-order valence-corrected chi connectivity index (χ0v) is 8.46. The molecule has 0 aliphatic rings. The number of hydrogen-bond acceptors (Lipinski definition) is 0. The lowest BCUT2D eigenvalue weighted by Crippen LogP contribution is -1.86. The Labute approximate surface area is 89.2 Å². The zero-order chi connectivity index (χ0) is 9.80. The van der Waals surface area contributed by atoms with Crippen LogP contribution in [0.4, 0.5) is 0 Å². The number of halogens is 1. The van der Waals surface area contributed by atoms with Crippen molar-refractivity contribution in [1.82, 2.24) is 0 Å². The summed E-state index contributed by atoms with van der Waals surface area (Å²) in [6.07, 6.45) is 0.926. The van der Waals surface area contributed by atoms with Crippen LogP contribution in [0.5, 0.6) is 0 Å². The van der Waals surface area contributed by atoms with Crippen LogP contribution in [0.2, 0.25) is 5.02 Å². The van der Waals surface area contributed by atoms with Crippen molar-refractivity contribution in [1.29, 1.82) is 0 Å². The second kappa shape index (κ2) is 4.30. The Bertz CT molecular complexity index is 407. The van der Waals surface area contributed by atoms with E-state index in [9.17, 15) is 0 Å². The van der Waals surface area contributed by atoms with Crippen LogP contribution in [0.25, 0.3) is 0 Å². The van der Waals surface area contributed by atoms with Crippen molar-refractivity contribution >= 4 is 11.6 Å². The zero-order valence-electron chi connectivity index (χ0n) is 7.70. The Morgan fingerprint density at radius 2 is 1.79 bits per heavy atom. The average Bonchev–Trinajstić information content (AvgIpc) is 2.19. The van der Waals surface area contributed by atoms with Crippen LogP contribution >= 0.6 is 11.6 Å². The molecule has 0 heterocycles. The molecule has 2 aromatic carbocycles. The highest BCUT2D eigenvalue weighted by atomic mass is 35.5. The molecule has 1 heteroatoms. The molecule has 0 bridgehead atoms. The van der Waals surface area contributed by atoms with E-state index in [1.54, 1.807) is 0 Å². The maximum atomic E-state index is 5.86. The van der Waals surface area contributed by atoms with E-state index in [0.717, 1.165) is 6.42 Å². The molecule has 0 saturated heterocycles. The molecule has 0 N–H and O–H groups in total. The molecule has 69 valence electrons. The van der Waals surface area contributed by atoms with Gasteiger partial charge in [0.05, 0.1) is 0 Å². The molecule has 2 rings (SSSR count). The van der Waals surface area contributed by atoms with E-state index in [0.29, 0.717) is 5.02 Å². The van der Waals surface area contributed by atoms with Crippen molar-refractivity contribution in [3.8, 4) is 0 Å². The second-order valence-corrected chi connectivity index (χ2v) is 3.61. The summed E-state index contributed by atoms with van der Waals surface area (Å²) < 4.78 is 0. The molecule has 0 saturated carbocycles. The van der Waals surface area contributed by atoms with Gasteiger partial charge in [0, 0.05) is 11.1 Å².